The highest BCUT2D eigenvalue weighted by Gasteiger charge is 2.12. The number of methoxy groups -OCH3 is 2. The van der Waals surface area contributed by atoms with Crippen molar-refractivity contribution in [2.24, 2.45) is 0 Å². The molecule has 7 nitrogen and oxygen atoms in total. The van der Waals surface area contributed by atoms with Crippen LogP contribution in [0.4, 0.5) is 5.69 Å². The summed E-state index contributed by atoms with van der Waals surface area (Å²) in [5, 5.41) is 7.18. The number of carbonyl (C=O) groups is 1. The number of aromatic nitrogens is 2. The molecule has 7 heteroatoms. The average Bonchev–Trinajstić information content (AvgIpc) is 3.15. The van der Waals surface area contributed by atoms with Gasteiger partial charge in [-0.1, -0.05) is 5.16 Å². The molecular weight excluding hydrogens is 334 g/mol. The molecule has 2 aromatic carbocycles. The molecule has 3 rings (SSSR count). The van der Waals surface area contributed by atoms with E-state index in [-0.39, 0.29) is 5.78 Å². The fourth-order valence-electron chi connectivity index (χ4n) is 2.42. The van der Waals surface area contributed by atoms with Crippen LogP contribution < -0.4 is 14.8 Å². The van der Waals surface area contributed by atoms with Crippen molar-refractivity contribution in [3.63, 3.8) is 0 Å². The maximum Gasteiger partial charge on any atom is 0.246 e. The zero-order valence-electron chi connectivity index (χ0n) is 14.8. The molecule has 3 aromatic rings. The standard InChI is InChI=1S/C19H19N3O4/c1-12(23)13-4-7-15(8-5-13)20-11-18-21-19(22-26-18)14-6-9-16(24-2)17(10-14)25-3/h4-10,20H,11H2,1-3H3. The number of nitrogens with zero attached hydrogens (tertiary/aromatic N) is 2. The van der Waals surface area contributed by atoms with E-state index in [0.717, 1.165) is 11.3 Å². The summed E-state index contributed by atoms with van der Waals surface area (Å²) in [7, 11) is 3.16. The Labute approximate surface area is 150 Å². The van der Waals surface area contributed by atoms with Gasteiger partial charge in [0.1, 0.15) is 0 Å². The van der Waals surface area contributed by atoms with Crippen molar-refractivity contribution in [3.8, 4) is 22.9 Å². The van der Waals surface area contributed by atoms with Gasteiger partial charge in [-0.2, -0.15) is 4.98 Å². The van der Waals surface area contributed by atoms with Gasteiger partial charge in [-0.05, 0) is 49.4 Å². The van der Waals surface area contributed by atoms with E-state index in [1.165, 1.54) is 6.92 Å². The predicted octanol–water partition coefficient (Wildman–Crippen LogP) is 3.57. The second-order valence-electron chi connectivity index (χ2n) is 5.57. The zero-order valence-corrected chi connectivity index (χ0v) is 14.8. The maximum atomic E-state index is 11.3. The maximum absolute atomic E-state index is 11.3. The first-order chi connectivity index (χ1) is 12.6. The van der Waals surface area contributed by atoms with Gasteiger partial charge in [0.15, 0.2) is 17.3 Å². The van der Waals surface area contributed by atoms with E-state index < -0.39 is 0 Å². The molecular formula is C19H19N3O4. The van der Waals surface area contributed by atoms with Crippen LogP contribution in [0.15, 0.2) is 47.0 Å². The number of ketones is 1. The van der Waals surface area contributed by atoms with Crippen LogP contribution in [0, 0.1) is 0 Å². The molecule has 0 radical (unpaired) electrons. The van der Waals surface area contributed by atoms with Crippen LogP contribution in [0.3, 0.4) is 0 Å². The van der Waals surface area contributed by atoms with Gasteiger partial charge in [-0.15, -0.1) is 0 Å². The first-order valence-corrected chi connectivity index (χ1v) is 8.00. The van der Waals surface area contributed by atoms with Crippen molar-refractivity contribution < 1.29 is 18.8 Å². The van der Waals surface area contributed by atoms with Crippen molar-refractivity contribution in [2.45, 2.75) is 13.5 Å². The van der Waals surface area contributed by atoms with Crippen molar-refractivity contribution in [1.82, 2.24) is 10.1 Å². The Morgan fingerprint density at radius 3 is 2.46 bits per heavy atom. The van der Waals surface area contributed by atoms with Crippen LogP contribution in [0.25, 0.3) is 11.4 Å². The number of anilines is 1. The van der Waals surface area contributed by atoms with Gasteiger partial charge in [0, 0.05) is 16.8 Å². The summed E-state index contributed by atoms with van der Waals surface area (Å²) in [6, 6.07) is 12.6. The highest BCUT2D eigenvalue weighted by molar-refractivity contribution is 5.94. The highest BCUT2D eigenvalue weighted by Crippen LogP contribution is 2.31. The fraction of sp³-hybridized carbons (Fsp3) is 0.211. The number of benzene rings is 2. The average molecular weight is 353 g/mol. The van der Waals surface area contributed by atoms with E-state index in [2.05, 4.69) is 15.5 Å². The van der Waals surface area contributed by atoms with Gasteiger partial charge < -0.3 is 19.3 Å². The van der Waals surface area contributed by atoms with Crippen LogP contribution in [-0.2, 0) is 6.54 Å². The van der Waals surface area contributed by atoms with Crippen molar-refractivity contribution >= 4 is 11.5 Å². The van der Waals surface area contributed by atoms with Gasteiger partial charge in [-0.25, -0.2) is 0 Å². The number of rotatable bonds is 7. The SMILES string of the molecule is COc1ccc(-c2noc(CNc3ccc(C(C)=O)cc3)n2)cc1OC. The zero-order chi connectivity index (χ0) is 18.5. The number of carbonyl (C=O) groups excluding carboxylic acids is 1. The van der Waals surface area contributed by atoms with Crippen LogP contribution in [0.2, 0.25) is 0 Å². The molecule has 0 spiro atoms. The molecule has 0 bridgehead atoms. The molecule has 0 atom stereocenters. The molecule has 1 heterocycles. The lowest BCUT2D eigenvalue weighted by atomic mass is 10.1. The molecule has 0 fully saturated rings. The van der Waals surface area contributed by atoms with E-state index in [1.54, 1.807) is 38.5 Å². The molecule has 0 unspecified atom stereocenters. The Hall–Kier alpha value is -3.35. The van der Waals surface area contributed by atoms with Crippen LogP contribution in [-0.4, -0.2) is 30.1 Å². The Morgan fingerprint density at radius 2 is 1.81 bits per heavy atom. The second-order valence-corrected chi connectivity index (χ2v) is 5.57. The molecule has 0 aliphatic rings. The summed E-state index contributed by atoms with van der Waals surface area (Å²) in [6.45, 7) is 1.91. The summed E-state index contributed by atoms with van der Waals surface area (Å²) in [5.74, 6) is 2.18. The minimum absolute atomic E-state index is 0.0352. The Morgan fingerprint density at radius 1 is 1.08 bits per heavy atom. The van der Waals surface area contributed by atoms with E-state index >= 15 is 0 Å². The first kappa shape index (κ1) is 17.5. The molecule has 1 N–H and O–H groups in total. The van der Waals surface area contributed by atoms with Crippen LogP contribution in [0.5, 0.6) is 11.5 Å². The first-order valence-electron chi connectivity index (χ1n) is 8.00. The lowest BCUT2D eigenvalue weighted by Crippen LogP contribution is -2.00. The summed E-state index contributed by atoms with van der Waals surface area (Å²) in [5.41, 5.74) is 2.30. The molecule has 0 amide bonds. The fourth-order valence-corrected chi connectivity index (χ4v) is 2.42. The summed E-state index contributed by atoms with van der Waals surface area (Å²) in [4.78, 5) is 15.7. The molecule has 134 valence electrons. The molecule has 0 saturated carbocycles. The molecule has 0 aliphatic carbocycles. The van der Waals surface area contributed by atoms with Gasteiger partial charge >= 0.3 is 0 Å². The Bertz CT molecular complexity index is 903. The molecule has 0 saturated heterocycles. The number of nitrogens with one attached hydrogen (secondary N) is 1. The van der Waals surface area contributed by atoms with Crippen molar-refractivity contribution in [2.75, 3.05) is 19.5 Å². The summed E-state index contributed by atoms with van der Waals surface area (Å²) < 4.78 is 15.8. The molecule has 26 heavy (non-hydrogen) atoms. The Balaban J connectivity index is 1.69. The minimum atomic E-state index is 0.0352. The lowest BCUT2D eigenvalue weighted by molar-refractivity contribution is 0.101. The normalized spacial score (nSPS) is 10.4. The summed E-state index contributed by atoms with van der Waals surface area (Å²) >= 11 is 0. The second kappa shape index (κ2) is 7.69. The van der Waals surface area contributed by atoms with Gasteiger partial charge in [0.25, 0.3) is 0 Å². The summed E-state index contributed by atoms with van der Waals surface area (Å²) in [6.07, 6.45) is 0. The van der Waals surface area contributed by atoms with Crippen molar-refractivity contribution in [1.29, 1.82) is 0 Å². The number of ether oxygens (including phenoxy) is 2. The van der Waals surface area contributed by atoms with E-state index in [4.69, 9.17) is 14.0 Å². The minimum Gasteiger partial charge on any atom is -0.493 e. The highest BCUT2D eigenvalue weighted by atomic mass is 16.5. The topological polar surface area (TPSA) is 86.5 Å². The van der Waals surface area contributed by atoms with Crippen LogP contribution in [0.1, 0.15) is 23.2 Å². The van der Waals surface area contributed by atoms with Gasteiger partial charge in [0.2, 0.25) is 11.7 Å². The van der Waals surface area contributed by atoms with Gasteiger partial charge in [0.05, 0.1) is 20.8 Å². The molecule has 0 aliphatic heterocycles. The van der Waals surface area contributed by atoms with Crippen LogP contribution >= 0.6 is 0 Å². The lowest BCUT2D eigenvalue weighted by Gasteiger charge is -2.07. The van der Waals surface area contributed by atoms with E-state index in [0.29, 0.717) is 35.3 Å². The number of hydrogen-bond donors (Lipinski definition) is 1. The largest absolute Gasteiger partial charge is 0.493 e. The van der Waals surface area contributed by atoms with E-state index in [9.17, 15) is 4.79 Å². The molecule has 1 aromatic heterocycles. The smallest absolute Gasteiger partial charge is 0.246 e. The third-order valence-corrected chi connectivity index (χ3v) is 3.84. The predicted molar refractivity (Wildman–Crippen MR) is 96.6 cm³/mol. The number of Topliss-reactive ketones (excluding diaryl/α,β-unsaturated/α-hetero) is 1. The number of hydrogen-bond acceptors (Lipinski definition) is 7. The van der Waals surface area contributed by atoms with Crippen molar-refractivity contribution in [3.05, 3.63) is 53.9 Å². The third-order valence-electron chi connectivity index (χ3n) is 3.84. The quantitative estimate of drug-likeness (QED) is 0.650. The van der Waals surface area contributed by atoms with Gasteiger partial charge in [-0.3, -0.25) is 4.79 Å². The van der Waals surface area contributed by atoms with E-state index in [1.807, 2.05) is 18.2 Å². The monoisotopic (exact) mass is 353 g/mol. The Kier molecular flexibility index (Phi) is 5.17. The third kappa shape index (κ3) is 3.83.